The summed E-state index contributed by atoms with van der Waals surface area (Å²) < 4.78 is 30.8. The second kappa shape index (κ2) is 8.99. The minimum atomic E-state index is -2.58. The molecule has 1 aromatic carbocycles. The fourth-order valence-electron chi connectivity index (χ4n) is 5.79. The average molecular weight is 457 g/mol. The van der Waals surface area contributed by atoms with Crippen LogP contribution in [0.4, 0.5) is 14.5 Å². The number of nitrogens with one attached hydrogen (secondary N) is 2. The van der Waals surface area contributed by atoms with Crippen LogP contribution in [0.25, 0.3) is 5.57 Å². The van der Waals surface area contributed by atoms with E-state index in [4.69, 9.17) is 5.73 Å². The molecular formula is C25H34F2N6+2. The second-order valence-corrected chi connectivity index (χ2v) is 9.43. The van der Waals surface area contributed by atoms with Crippen LogP contribution in [0, 0.1) is 0 Å². The number of fused-ring (bicyclic) bond motifs is 1. The molecule has 0 aromatic heterocycles. The first-order chi connectivity index (χ1) is 16.0. The van der Waals surface area contributed by atoms with E-state index in [0.29, 0.717) is 17.2 Å². The molecule has 0 amide bonds. The van der Waals surface area contributed by atoms with Gasteiger partial charge < -0.3 is 16.0 Å². The highest BCUT2D eigenvalue weighted by Gasteiger charge is 2.50. The molecule has 1 unspecified atom stereocenters. The van der Waals surface area contributed by atoms with Gasteiger partial charge >= 0.3 is 0 Å². The maximum Gasteiger partial charge on any atom is 0.290 e. The Morgan fingerprint density at radius 1 is 1.33 bits per heavy atom. The van der Waals surface area contributed by atoms with Crippen LogP contribution in [0.2, 0.25) is 0 Å². The number of alkyl halides is 2. The molecule has 0 radical (unpaired) electrons. The van der Waals surface area contributed by atoms with Crippen molar-refractivity contribution in [3.8, 4) is 0 Å². The van der Waals surface area contributed by atoms with E-state index in [1.54, 1.807) is 19.3 Å². The minimum absolute atomic E-state index is 0.0350. The van der Waals surface area contributed by atoms with Crippen molar-refractivity contribution in [2.24, 2.45) is 5.73 Å². The summed E-state index contributed by atoms with van der Waals surface area (Å²) in [5.74, 6) is 1.23. The maximum absolute atomic E-state index is 14.2. The lowest BCUT2D eigenvalue weighted by Gasteiger charge is -2.42. The minimum Gasteiger partial charge on any atom is -0.404 e. The van der Waals surface area contributed by atoms with Crippen LogP contribution in [-0.2, 0) is 6.42 Å². The predicted octanol–water partition coefficient (Wildman–Crippen LogP) is 0.961. The van der Waals surface area contributed by atoms with Crippen LogP contribution in [-0.4, -0.2) is 79.3 Å². The topological polar surface area (TPSA) is 61.5 Å². The van der Waals surface area contributed by atoms with Gasteiger partial charge in [-0.25, -0.2) is 18.3 Å². The van der Waals surface area contributed by atoms with E-state index < -0.39 is 6.43 Å². The van der Waals surface area contributed by atoms with Gasteiger partial charge in [-0.05, 0) is 49.7 Å². The van der Waals surface area contributed by atoms with Gasteiger partial charge in [-0.15, -0.1) is 0 Å². The smallest absolute Gasteiger partial charge is 0.290 e. The summed E-state index contributed by atoms with van der Waals surface area (Å²) in [4.78, 5) is 7.80. The van der Waals surface area contributed by atoms with Gasteiger partial charge in [0.2, 0.25) is 0 Å². The molecule has 4 aliphatic rings. The lowest BCUT2D eigenvalue weighted by Crippen LogP contribution is -2.63. The molecular weight excluding hydrogens is 422 g/mol. The third-order valence-electron chi connectivity index (χ3n) is 7.35. The fourth-order valence-corrected chi connectivity index (χ4v) is 5.79. The zero-order valence-electron chi connectivity index (χ0n) is 19.5. The van der Waals surface area contributed by atoms with Crippen molar-refractivity contribution in [2.45, 2.75) is 38.2 Å². The van der Waals surface area contributed by atoms with Crippen LogP contribution in [0.15, 0.2) is 29.6 Å². The number of aryl methyl sites for hydroxylation is 1. The second-order valence-electron chi connectivity index (χ2n) is 9.43. The zero-order valence-corrected chi connectivity index (χ0v) is 19.5. The van der Waals surface area contributed by atoms with E-state index >= 15 is 0 Å². The largest absolute Gasteiger partial charge is 0.404 e. The number of hydrogen-bond acceptors (Lipinski definition) is 3. The lowest BCUT2D eigenvalue weighted by atomic mass is 9.89. The predicted molar refractivity (Wildman–Crippen MR) is 127 cm³/mol. The number of rotatable bonds is 4. The van der Waals surface area contributed by atoms with E-state index in [1.165, 1.54) is 23.3 Å². The molecule has 0 saturated carbocycles. The van der Waals surface area contributed by atoms with Crippen LogP contribution >= 0.6 is 0 Å². The average Bonchev–Trinajstić information content (AvgIpc) is 3.32. The van der Waals surface area contributed by atoms with Gasteiger partial charge in [0.05, 0.1) is 17.7 Å². The highest BCUT2D eigenvalue weighted by atomic mass is 19.3. The number of likely N-dealkylation sites (N-methyl/N-ethyl adjacent to an activating group) is 1. The molecule has 1 fully saturated rings. The molecule has 1 atom stereocenters. The van der Waals surface area contributed by atoms with Gasteiger partial charge in [-0.3, -0.25) is 4.99 Å². The summed E-state index contributed by atoms with van der Waals surface area (Å²) in [6.45, 7) is 4.84. The molecule has 176 valence electrons. The van der Waals surface area contributed by atoms with E-state index in [-0.39, 0.29) is 5.56 Å². The number of allylic oxidation sites excluding steroid dienone is 1. The van der Waals surface area contributed by atoms with E-state index in [1.807, 2.05) is 6.07 Å². The summed E-state index contributed by atoms with van der Waals surface area (Å²) in [5.41, 5.74) is 11.8. The number of nitrogens with two attached hydrogens (primary N) is 1. The number of nitrogens with zero attached hydrogens (tertiary/aromatic N) is 3. The molecule has 0 spiro atoms. The van der Waals surface area contributed by atoms with Gasteiger partial charge in [0.1, 0.15) is 24.5 Å². The van der Waals surface area contributed by atoms with Gasteiger partial charge in [0.25, 0.3) is 12.3 Å². The molecule has 4 heterocycles. The first-order valence-electron chi connectivity index (χ1n) is 12.0. The molecule has 5 rings (SSSR count). The van der Waals surface area contributed by atoms with Gasteiger partial charge in [-0.1, -0.05) is 0 Å². The van der Waals surface area contributed by atoms with Crippen molar-refractivity contribution in [3.05, 3.63) is 46.3 Å². The van der Waals surface area contributed by atoms with Crippen LogP contribution in [0.1, 0.15) is 42.4 Å². The number of benzene rings is 1. The Kier molecular flexibility index (Phi) is 6.05. The lowest BCUT2D eigenvalue weighted by molar-refractivity contribution is -0.453. The highest BCUT2D eigenvalue weighted by molar-refractivity contribution is 6.08. The summed E-state index contributed by atoms with van der Waals surface area (Å²) >= 11 is 0. The molecule has 33 heavy (non-hydrogen) atoms. The molecule has 8 heteroatoms. The van der Waals surface area contributed by atoms with Crippen molar-refractivity contribution < 1.29 is 18.3 Å². The third kappa shape index (κ3) is 3.79. The van der Waals surface area contributed by atoms with Crippen molar-refractivity contribution in [1.29, 1.82) is 0 Å². The normalized spacial score (nSPS) is 26.3. The number of halogens is 2. The molecule has 4 aliphatic heterocycles. The van der Waals surface area contributed by atoms with Crippen molar-refractivity contribution in [2.75, 3.05) is 46.8 Å². The molecule has 1 aromatic rings. The zero-order chi connectivity index (χ0) is 23.1. The Morgan fingerprint density at radius 2 is 2.18 bits per heavy atom. The highest BCUT2D eigenvalue weighted by Crippen LogP contribution is 2.41. The summed E-state index contributed by atoms with van der Waals surface area (Å²) in [5, 5.41) is 3.50. The molecule has 0 bridgehead atoms. The Morgan fingerprint density at radius 3 is 2.88 bits per heavy atom. The van der Waals surface area contributed by atoms with Crippen molar-refractivity contribution in [3.63, 3.8) is 0 Å². The van der Waals surface area contributed by atoms with E-state index in [0.717, 1.165) is 69.7 Å². The first kappa shape index (κ1) is 22.2. The summed E-state index contributed by atoms with van der Waals surface area (Å²) in [7, 11) is 3.91. The number of amidine groups is 1. The van der Waals surface area contributed by atoms with E-state index in [2.05, 4.69) is 31.7 Å². The van der Waals surface area contributed by atoms with Crippen LogP contribution < -0.4 is 16.0 Å². The molecule has 1 saturated heterocycles. The first-order valence-corrected chi connectivity index (χ1v) is 12.0. The molecule has 0 aliphatic carbocycles. The van der Waals surface area contributed by atoms with Crippen molar-refractivity contribution in [1.82, 2.24) is 15.1 Å². The Balaban J connectivity index is 1.67. The van der Waals surface area contributed by atoms with Gasteiger partial charge in [0.15, 0.2) is 6.21 Å². The van der Waals surface area contributed by atoms with Crippen LogP contribution in [0.5, 0.6) is 0 Å². The fraction of sp³-hybridized carbons (Fsp3) is 0.520. The quantitative estimate of drug-likeness (QED) is 0.467. The maximum atomic E-state index is 14.2. The Hall–Kier alpha value is -2.58. The Labute approximate surface area is 194 Å². The summed E-state index contributed by atoms with van der Waals surface area (Å²) in [6, 6.07) is 4.08. The van der Waals surface area contributed by atoms with E-state index in [9.17, 15) is 8.78 Å². The van der Waals surface area contributed by atoms with Gasteiger partial charge in [-0.2, -0.15) is 0 Å². The van der Waals surface area contributed by atoms with Crippen molar-refractivity contribution >= 4 is 23.3 Å². The standard InChI is InChI=1S/C25H33F2N6/c1-29-13-17(12-28)19-10-16-4-3-8-32(23(16)11-20(19)24(26)27)25-21-15-31(2)9-6-22(21)33(25)18-5-7-30-14-18/h10-13,18,24,30H,3-9,14-15,28H2,1-2H3/q+1/p+1. The Bertz CT molecular complexity index is 1060. The molecule has 6 nitrogen and oxygen atoms in total. The third-order valence-corrected chi connectivity index (χ3v) is 7.35. The summed E-state index contributed by atoms with van der Waals surface area (Å²) in [6.07, 6.45) is 4.54. The monoisotopic (exact) mass is 456 g/mol. The van der Waals surface area contributed by atoms with Gasteiger partial charge in [0, 0.05) is 44.2 Å². The number of hydrogen-bond donors (Lipinski definition) is 3. The van der Waals surface area contributed by atoms with Crippen LogP contribution in [0.3, 0.4) is 0 Å². The SMILES string of the molecule is C[NH+]=CC(=CN)c1cc2c(cc1C(F)F)[N+](=C1C3=C(CCN(C)C3)N1C1CCNC1)CCC2. The molecule has 4 N–H and O–H groups in total.